The summed E-state index contributed by atoms with van der Waals surface area (Å²) >= 11 is 6.33. The van der Waals surface area contributed by atoms with E-state index in [1.165, 1.54) is 0 Å². The summed E-state index contributed by atoms with van der Waals surface area (Å²) in [5, 5.41) is 13.0. The van der Waals surface area contributed by atoms with E-state index < -0.39 is 0 Å². The maximum Gasteiger partial charge on any atom is 0.205 e. The second-order valence-electron chi connectivity index (χ2n) is 4.60. The van der Waals surface area contributed by atoms with Gasteiger partial charge < -0.3 is 0 Å². The second kappa shape index (κ2) is 5.16. The van der Waals surface area contributed by atoms with Crippen LogP contribution >= 0.6 is 11.6 Å². The Balaban J connectivity index is 1.91. The van der Waals surface area contributed by atoms with Gasteiger partial charge in [0, 0.05) is 18.0 Å². The fourth-order valence-corrected chi connectivity index (χ4v) is 2.44. The molecular weight excluding hydrogens is 300 g/mol. The monoisotopic (exact) mass is 308 g/mol. The van der Waals surface area contributed by atoms with E-state index in [-0.39, 0.29) is 0 Å². The van der Waals surface area contributed by atoms with Crippen molar-refractivity contribution >= 4 is 17.2 Å². The highest BCUT2D eigenvalue weighted by Crippen LogP contribution is 2.27. The molecule has 0 spiro atoms. The van der Waals surface area contributed by atoms with Crippen molar-refractivity contribution in [1.82, 2.24) is 29.8 Å². The van der Waals surface area contributed by atoms with Gasteiger partial charge in [0.05, 0.1) is 6.20 Å². The summed E-state index contributed by atoms with van der Waals surface area (Å²) in [6.07, 6.45) is 4.80. The Morgan fingerprint density at radius 2 is 1.86 bits per heavy atom. The van der Waals surface area contributed by atoms with Crippen LogP contribution in [0.2, 0.25) is 5.15 Å². The third kappa shape index (κ3) is 2.10. The van der Waals surface area contributed by atoms with Crippen molar-refractivity contribution in [3.05, 3.63) is 60.1 Å². The zero-order valence-corrected chi connectivity index (χ0v) is 12.0. The van der Waals surface area contributed by atoms with E-state index in [0.29, 0.717) is 22.3 Å². The zero-order valence-electron chi connectivity index (χ0n) is 11.3. The van der Waals surface area contributed by atoms with Crippen LogP contribution < -0.4 is 0 Å². The fraction of sp³-hybridized carbons (Fsp3) is 0. The second-order valence-corrected chi connectivity index (χ2v) is 4.96. The molecule has 0 atom stereocenters. The van der Waals surface area contributed by atoms with Crippen LogP contribution in [0.25, 0.3) is 28.3 Å². The van der Waals surface area contributed by atoms with E-state index >= 15 is 0 Å². The minimum absolute atomic E-state index is 0.378. The van der Waals surface area contributed by atoms with Gasteiger partial charge in [0.2, 0.25) is 5.82 Å². The molecular formula is C15H9ClN6. The Bertz CT molecular complexity index is 936. The molecule has 22 heavy (non-hydrogen) atoms. The van der Waals surface area contributed by atoms with Crippen molar-refractivity contribution in [3.63, 3.8) is 0 Å². The maximum absolute atomic E-state index is 6.33. The van der Waals surface area contributed by atoms with Crippen LogP contribution in [-0.2, 0) is 0 Å². The first-order valence-corrected chi connectivity index (χ1v) is 6.94. The fourth-order valence-electron chi connectivity index (χ4n) is 2.21. The van der Waals surface area contributed by atoms with Crippen molar-refractivity contribution in [2.24, 2.45) is 0 Å². The highest BCUT2D eigenvalue weighted by molar-refractivity contribution is 6.32. The van der Waals surface area contributed by atoms with E-state index in [1.807, 2.05) is 36.4 Å². The molecule has 4 aromatic rings. The predicted octanol–water partition coefficient (Wildman–Crippen LogP) is 2.90. The number of aromatic nitrogens is 6. The number of rotatable bonds is 2. The summed E-state index contributed by atoms with van der Waals surface area (Å²) in [5.41, 5.74) is 2.98. The lowest BCUT2D eigenvalue weighted by atomic mass is 10.1. The minimum Gasteiger partial charge on any atom is -0.261 e. The smallest absolute Gasteiger partial charge is 0.205 e. The molecule has 7 heteroatoms. The van der Waals surface area contributed by atoms with E-state index in [4.69, 9.17) is 11.6 Å². The SMILES string of the molecule is Clc1nn2c(-c3cnccn3)nnc2cc1-c1ccccc1. The Hall–Kier alpha value is -2.86. The molecule has 6 nitrogen and oxygen atoms in total. The van der Waals surface area contributed by atoms with Gasteiger partial charge in [-0.2, -0.15) is 9.61 Å². The van der Waals surface area contributed by atoms with Crippen LogP contribution in [0.3, 0.4) is 0 Å². The summed E-state index contributed by atoms with van der Waals surface area (Å²) in [5.74, 6) is 0.504. The third-order valence-corrected chi connectivity index (χ3v) is 3.50. The van der Waals surface area contributed by atoms with Gasteiger partial charge in [0.1, 0.15) is 5.69 Å². The van der Waals surface area contributed by atoms with Crippen molar-refractivity contribution in [3.8, 4) is 22.6 Å². The van der Waals surface area contributed by atoms with Gasteiger partial charge in [0.15, 0.2) is 10.8 Å². The number of halogens is 1. The van der Waals surface area contributed by atoms with Gasteiger partial charge in [-0.05, 0) is 11.6 Å². The number of fused-ring (bicyclic) bond motifs is 1. The Kier molecular flexibility index (Phi) is 3.01. The Morgan fingerprint density at radius 3 is 2.64 bits per heavy atom. The van der Waals surface area contributed by atoms with Crippen molar-refractivity contribution in [2.75, 3.05) is 0 Å². The first-order chi connectivity index (χ1) is 10.8. The van der Waals surface area contributed by atoms with Crippen molar-refractivity contribution < 1.29 is 0 Å². The third-order valence-electron chi connectivity index (χ3n) is 3.23. The standard InChI is InChI=1S/C15H9ClN6/c16-14-11(10-4-2-1-3-5-10)8-13-19-20-15(22(13)21-14)12-9-17-6-7-18-12/h1-9H. The molecule has 0 aliphatic rings. The number of hydrogen-bond acceptors (Lipinski definition) is 5. The normalized spacial score (nSPS) is 11.0. The van der Waals surface area contributed by atoms with Gasteiger partial charge in [-0.1, -0.05) is 41.9 Å². The molecule has 1 aromatic carbocycles. The largest absolute Gasteiger partial charge is 0.261 e. The lowest BCUT2D eigenvalue weighted by molar-refractivity contribution is 0.928. The van der Waals surface area contributed by atoms with Gasteiger partial charge in [-0.25, -0.2) is 4.98 Å². The molecule has 0 radical (unpaired) electrons. The number of benzene rings is 1. The van der Waals surface area contributed by atoms with Crippen LogP contribution in [0, 0.1) is 0 Å². The van der Waals surface area contributed by atoms with Gasteiger partial charge in [0.25, 0.3) is 0 Å². The predicted molar refractivity (Wildman–Crippen MR) is 82.3 cm³/mol. The zero-order chi connectivity index (χ0) is 14.9. The van der Waals surface area contributed by atoms with Gasteiger partial charge >= 0.3 is 0 Å². The highest BCUT2D eigenvalue weighted by atomic mass is 35.5. The number of hydrogen-bond donors (Lipinski definition) is 0. The molecule has 0 amide bonds. The van der Waals surface area contributed by atoms with E-state index in [9.17, 15) is 0 Å². The minimum atomic E-state index is 0.378. The molecule has 0 aliphatic heterocycles. The molecule has 4 rings (SSSR count). The van der Waals surface area contributed by atoms with E-state index in [0.717, 1.165) is 11.1 Å². The maximum atomic E-state index is 6.33. The molecule has 106 valence electrons. The summed E-state index contributed by atoms with van der Waals surface area (Å²) in [6, 6.07) is 11.7. The molecule has 0 unspecified atom stereocenters. The molecule has 0 aliphatic carbocycles. The van der Waals surface area contributed by atoms with Gasteiger partial charge in [-0.15, -0.1) is 10.2 Å². The molecule has 3 aromatic heterocycles. The van der Waals surface area contributed by atoms with Crippen LogP contribution in [0.15, 0.2) is 55.0 Å². The Morgan fingerprint density at radius 1 is 1.00 bits per heavy atom. The quantitative estimate of drug-likeness (QED) is 0.569. The summed E-state index contributed by atoms with van der Waals surface area (Å²) < 4.78 is 1.57. The molecule has 0 saturated heterocycles. The van der Waals surface area contributed by atoms with Crippen LogP contribution in [0.5, 0.6) is 0 Å². The van der Waals surface area contributed by atoms with Crippen LogP contribution in [-0.4, -0.2) is 29.8 Å². The molecule has 0 saturated carbocycles. The molecule has 3 heterocycles. The van der Waals surface area contributed by atoms with Crippen LogP contribution in [0.4, 0.5) is 0 Å². The summed E-state index contributed by atoms with van der Waals surface area (Å²) in [6.45, 7) is 0. The molecule has 0 N–H and O–H groups in total. The summed E-state index contributed by atoms with van der Waals surface area (Å²) in [7, 11) is 0. The van der Waals surface area contributed by atoms with Gasteiger partial charge in [-0.3, -0.25) is 4.98 Å². The average molecular weight is 309 g/mol. The molecule has 0 fully saturated rings. The lowest BCUT2D eigenvalue weighted by Crippen LogP contribution is -1.98. The van der Waals surface area contributed by atoms with Crippen molar-refractivity contribution in [2.45, 2.75) is 0 Å². The topological polar surface area (TPSA) is 68.9 Å². The van der Waals surface area contributed by atoms with E-state index in [2.05, 4.69) is 25.3 Å². The average Bonchev–Trinajstić information content (AvgIpc) is 2.98. The summed E-state index contributed by atoms with van der Waals surface area (Å²) in [4.78, 5) is 8.24. The highest BCUT2D eigenvalue weighted by Gasteiger charge is 2.14. The number of nitrogens with zero attached hydrogens (tertiary/aromatic N) is 6. The Labute approximate surface area is 130 Å². The first-order valence-electron chi connectivity index (χ1n) is 6.57. The first kappa shape index (κ1) is 12.8. The van der Waals surface area contributed by atoms with Crippen LogP contribution in [0.1, 0.15) is 0 Å². The van der Waals surface area contributed by atoms with Crippen molar-refractivity contribution in [1.29, 1.82) is 0 Å². The lowest BCUT2D eigenvalue weighted by Gasteiger charge is -2.05. The molecule has 0 bridgehead atoms. The van der Waals surface area contributed by atoms with E-state index in [1.54, 1.807) is 23.1 Å².